The van der Waals surface area contributed by atoms with Gasteiger partial charge in [-0.1, -0.05) is 35.3 Å². The van der Waals surface area contributed by atoms with Crippen molar-refractivity contribution in [3.8, 4) is 5.75 Å². The monoisotopic (exact) mass is 513 g/mol. The zero-order chi connectivity index (χ0) is 25.7. The van der Waals surface area contributed by atoms with E-state index < -0.39 is 11.8 Å². The molecule has 182 valence electrons. The summed E-state index contributed by atoms with van der Waals surface area (Å²) in [5, 5.41) is 14.2. The molecule has 3 aromatic rings. The van der Waals surface area contributed by atoms with Gasteiger partial charge in [0.2, 0.25) is 0 Å². The van der Waals surface area contributed by atoms with Gasteiger partial charge in [-0.3, -0.25) is 15.0 Å². The summed E-state index contributed by atoms with van der Waals surface area (Å²) in [4.78, 5) is 32.0. The highest BCUT2D eigenvalue weighted by molar-refractivity contribution is 6.32. The number of nitrogens with one attached hydrogen (secondary N) is 3. The Kier molecular flexibility index (Phi) is 8.32. The third-order valence-electron chi connectivity index (χ3n) is 4.75. The molecule has 2 aromatic carbocycles. The van der Waals surface area contributed by atoms with Crippen LogP contribution in [0.3, 0.4) is 0 Å². The Morgan fingerprint density at radius 1 is 0.943 bits per heavy atom. The van der Waals surface area contributed by atoms with E-state index in [0.29, 0.717) is 22.0 Å². The molecule has 1 heterocycles. The van der Waals surface area contributed by atoms with Crippen LogP contribution < -0.4 is 15.4 Å². The lowest BCUT2D eigenvalue weighted by Gasteiger charge is -2.19. The maximum atomic E-state index is 13.1. The van der Waals surface area contributed by atoms with Crippen molar-refractivity contribution in [3.63, 3.8) is 0 Å². The van der Waals surface area contributed by atoms with Crippen molar-refractivity contribution in [2.75, 3.05) is 24.7 Å². The van der Waals surface area contributed by atoms with Crippen LogP contribution in [-0.4, -0.2) is 47.7 Å². The molecule has 0 aliphatic rings. The summed E-state index contributed by atoms with van der Waals surface area (Å²) in [5.74, 6) is -0.149. The first kappa shape index (κ1) is 26.0. The fourth-order valence-corrected chi connectivity index (χ4v) is 3.41. The highest BCUT2D eigenvalue weighted by Gasteiger charge is 2.22. The molecule has 0 aliphatic heterocycles. The number of rotatable bonds is 7. The van der Waals surface area contributed by atoms with Crippen molar-refractivity contribution in [2.45, 2.75) is 20.0 Å². The van der Waals surface area contributed by atoms with Gasteiger partial charge in [-0.05, 0) is 44.2 Å². The second kappa shape index (κ2) is 11.2. The fourth-order valence-electron chi connectivity index (χ4n) is 3.09. The molecule has 0 saturated heterocycles. The van der Waals surface area contributed by atoms with Crippen LogP contribution in [0.2, 0.25) is 10.0 Å². The number of anilines is 2. The number of hydrogen-bond donors (Lipinski definition) is 3. The molecule has 0 aliphatic carbocycles. The first-order valence-electron chi connectivity index (χ1n) is 10.7. The highest BCUT2D eigenvalue weighted by Crippen LogP contribution is 2.34. The Morgan fingerprint density at radius 2 is 1.60 bits per heavy atom. The molecule has 1 aromatic heterocycles. The van der Waals surface area contributed by atoms with Crippen LogP contribution >= 0.6 is 23.2 Å². The number of aromatic nitrogens is 1. The van der Waals surface area contributed by atoms with Crippen LogP contribution in [0.15, 0.2) is 54.7 Å². The van der Waals surface area contributed by atoms with Gasteiger partial charge in [0.1, 0.15) is 17.4 Å². The number of amidine groups is 1. The van der Waals surface area contributed by atoms with E-state index in [-0.39, 0.29) is 33.9 Å². The van der Waals surface area contributed by atoms with Gasteiger partial charge < -0.3 is 20.3 Å². The predicted octanol–water partition coefficient (Wildman–Crippen LogP) is 5.57. The SMILES string of the molecule is CC(C)Oc1cc(Cl)cc(C(=O)Nc2ccc(Cl)cn2)c1NC(=O)c1ccc(C(=N)N(C)C)cc1. The third-order valence-corrected chi connectivity index (χ3v) is 5.19. The minimum atomic E-state index is -0.541. The normalized spacial score (nSPS) is 10.6. The first-order valence-corrected chi connectivity index (χ1v) is 11.4. The number of nitrogens with zero attached hydrogens (tertiary/aromatic N) is 2. The molecule has 8 nitrogen and oxygen atoms in total. The highest BCUT2D eigenvalue weighted by atomic mass is 35.5. The Hall–Kier alpha value is -3.62. The number of amides is 2. The van der Waals surface area contributed by atoms with Gasteiger partial charge in [-0.15, -0.1) is 0 Å². The number of carbonyl (C=O) groups excluding carboxylic acids is 2. The van der Waals surface area contributed by atoms with Crippen molar-refractivity contribution < 1.29 is 14.3 Å². The van der Waals surface area contributed by atoms with Crippen molar-refractivity contribution in [1.29, 1.82) is 5.41 Å². The van der Waals surface area contributed by atoms with Crippen LogP contribution in [0.25, 0.3) is 0 Å². The van der Waals surface area contributed by atoms with E-state index in [9.17, 15) is 9.59 Å². The van der Waals surface area contributed by atoms with E-state index in [0.717, 1.165) is 0 Å². The van der Waals surface area contributed by atoms with E-state index in [1.54, 1.807) is 55.4 Å². The number of carbonyl (C=O) groups is 2. The van der Waals surface area contributed by atoms with E-state index in [1.165, 1.54) is 18.3 Å². The second-order valence-electron chi connectivity index (χ2n) is 8.08. The first-order chi connectivity index (χ1) is 16.5. The zero-order valence-electron chi connectivity index (χ0n) is 19.6. The summed E-state index contributed by atoms with van der Waals surface area (Å²) < 4.78 is 5.85. The van der Waals surface area contributed by atoms with Crippen LogP contribution in [0.1, 0.15) is 40.1 Å². The second-order valence-corrected chi connectivity index (χ2v) is 8.96. The molecule has 0 spiro atoms. The van der Waals surface area contributed by atoms with Gasteiger partial charge in [0.25, 0.3) is 11.8 Å². The lowest BCUT2D eigenvalue weighted by molar-refractivity contribution is 0.102. The van der Waals surface area contributed by atoms with Crippen molar-refractivity contribution >= 4 is 52.4 Å². The molecule has 3 rings (SSSR count). The third kappa shape index (κ3) is 6.71. The Balaban J connectivity index is 1.95. The summed E-state index contributed by atoms with van der Waals surface area (Å²) in [7, 11) is 3.54. The summed E-state index contributed by atoms with van der Waals surface area (Å²) in [5.41, 5.74) is 1.28. The van der Waals surface area contributed by atoms with Crippen molar-refractivity contribution in [1.82, 2.24) is 9.88 Å². The maximum absolute atomic E-state index is 13.1. The van der Waals surface area contributed by atoms with Gasteiger partial charge in [-0.25, -0.2) is 4.98 Å². The molecular formula is C25H25Cl2N5O3. The molecule has 35 heavy (non-hydrogen) atoms. The lowest BCUT2D eigenvalue weighted by Crippen LogP contribution is -2.22. The van der Waals surface area contributed by atoms with E-state index in [2.05, 4.69) is 15.6 Å². The smallest absolute Gasteiger partial charge is 0.259 e. The zero-order valence-corrected chi connectivity index (χ0v) is 21.2. The van der Waals surface area contributed by atoms with E-state index in [4.69, 9.17) is 33.3 Å². The minimum absolute atomic E-state index is 0.101. The Morgan fingerprint density at radius 3 is 2.17 bits per heavy atom. The minimum Gasteiger partial charge on any atom is -0.489 e. The molecular weight excluding hydrogens is 489 g/mol. The number of pyridine rings is 1. The van der Waals surface area contributed by atoms with Gasteiger partial charge in [0.05, 0.1) is 22.4 Å². The standard InChI is InChI=1S/C25H25Cl2N5O3/c1-14(2)35-20-12-18(27)11-19(25(34)30-21-10-9-17(26)13-29-21)22(20)31-24(33)16-7-5-15(6-8-16)23(28)32(3)4/h5-14,28H,1-4H3,(H,31,33)(H,29,30,34). The van der Waals surface area contributed by atoms with Crippen LogP contribution in [-0.2, 0) is 0 Å². The summed E-state index contributed by atoms with van der Waals surface area (Å²) in [6.07, 6.45) is 1.17. The number of hydrogen-bond acceptors (Lipinski definition) is 5. The molecule has 2 amide bonds. The lowest BCUT2D eigenvalue weighted by atomic mass is 10.1. The predicted molar refractivity (Wildman–Crippen MR) is 139 cm³/mol. The molecule has 0 unspecified atom stereocenters. The summed E-state index contributed by atoms with van der Waals surface area (Å²) >= 11 is 12.1. The average Bonchev–Trinajstić information content (AvgIpc) is 2.81. The number of benzene rings is 2. The van der Waals surface area contributed by atoms with E-state index >= 15 is 0 Å². The maximum Gasteiger partial charge on any atom is 0.259 e. The number of halogens is 2. The van der Waals surface area contributed by atoms with Crippen LogP contribution in [0.4, 0.5) is 11.5 Å². The topological polar surface area (TPSA) is 107 Å². The van der Waals surface area contributed by atoms with Crippen LogP contribution in [0, 0.1) is 5.41 Å². The molecule has 0 radical (unpaired) electrons. The molecule has 0 atom stereocenters. The van der Waals surface area contributed by atoms with Crippen LogP contribution in [0.5, 0.6) is 5.75 Å². The quantitative estimate of drug-likeness (QED) is 0.282. The fraction of sp³-hybridized carbons (Fsp3) is 0.200. The molecule has 0 bridgehead atoms. The molecule has 0 saturated carbocycles. The Bertz CT molecular complexity index is 1240. The molecule has 0 fully saturated rings. The van der Waals surface area contributed by atoms with Gasteiger partial charge in [0, 0.05) is 42.5 Å². The van der Waals surface area contributed by atoms with Gasteiger partial charge in [0.15, 0.2) is 0 Å². The van der Waals surface area contributed by atoms with Gasteiger partial charge >= 0.3 is 0 Å². The molecule has 3 N–H and O–H groups in total. The summed E-state index contributed by atoms with van der Waals surface area (Å²) in [6.45, 7) is 3.64. The van der Waals surface area contributed by atoms with Gasteiger partial charge in [-0.2, -0.15) is 0 Å². The Labute approximate surface area is 213 Å². The largest absolute Gasteiger partial charge is 0.489 e. The van der Waals surface area contributed by atoms with E-state index in [1.807, 2.05) is 13.8 Å². The van der Waals surface area contributed by atoms with Crippen molar-refractivity contribution in [2.24, 2.45) is 0 Å². The number of ether oxygens (including phenoxy) is 1. The summed E-state index contributed by atoms with van der Waals surface area (Å²) in [6, 6.07) is 12.7. The average molecular weight is 514 g/mol. The van der Waals surface area contributed by atoms with Crippen molar-refractivity contribution in [3.05, 3.63) is 81.5 Å². The molecule has 10 heteroatoms.